The van der Waals surface area contributed by atoms with Gasteiger partial charge in [0.25, 0.3) is 0 Å². The zero-order chi connectivity index (χ0) is 9.68. The van der Waals surface area contributed by atoms with Gasteiger partial charge in [0.05, 0.1) is 13.2 Å². The van der Waals surface area contributed by atoms with Crippen LogP contribution in [0.4, 0.5) is 0 Å². The molecule has 1 fully saturated rings. The molecule has 0 aliphatic heterocycles. The van der Waals surface area contributed by atoms with E-state index in [4.69, 9.17) is 10.5 Å². The number of ether oxygens (including phenoxy) is 1. The molecule has 1 saturated carbocycles. The molecule has 0 spiro atoms. The van der Waals surface area contributed by atoms with Crippen molar-refractivity contribution in [2.24, 2.45) is 17.6 Å². The van der Waals surface area contributed by atoms with Gasteiger partial charge in [-0.1, -0.05) is 6.92 Å². The number of hydrogen-bond acceptors (Lipinski definition) is 3. The quantitative estimate of drug-likeness (QED) is 0.590. The Labute approximate surface area is 81.2 Å². The van der Waals surface area contributed by atoms with E-state index in [0.717, 1.165) is 25.0 Å². The van der Waals surface area contributed by atoms with Crippen LogP contribution >= 0.6 is 0 Å². The minimum Gasteiger partial charge on any atom is -0.379 e. The van der Waals surface area contributed by atoms with Crippen molar-refractivity contribution in [2.45, 2.75) is 13.3 Å². The Morgan fingerprint density at radius 3 is 2.69 bits per heavy atom. The lowest BCUT2D eigenvalue weighted by atomic mass is 10.3. The summed E-state index contributed by atoms with van der Waals surface area (Å²) in [6.45, 7) is 6.71. The molecule has 1 aliphatic carbocycles. The largest absolute Gasteiger partial charge is 0.379 e. The maximum atomic E-state index is 5.32. The third-order valence-corrected chi connectivity index (χ3v) is 2.70. The van der Waals surface area contributed by atoms with Gasteiger partial charge >= 0.3 is 0 Å². The fourth-order valence-corrected chi connectivity index (χ4v) is 1.55. The minimum atomic E-state index is 0.628. The van der Waals surface area contributed by atoms with Crippen LogP contribution in [0.2, 0.25) is 0 Å². The molecule has 0 heterocycles. The highest BCUT2D eigenvalue weighted by Gasteiger charge is 2.32. The van der Waals surface area contributed by atoms with E-state index < -0.39 is 0 Å². The van der Waals surface area contributed by atoms with Crippen LogP contribution in [-0.2, 0) is 4.74 Å². The summed E-state index contributed by atoms with van der Waals surface area (Å²) in [5, 5.41) is 0. The standard InChI is InChI=1S/C10H22N2O/c1-9-7-10(9)8-12(2)4-6-13-5-3-11/h9-10H,3-8,11H2,1-2H3. The van der Waals surface area contributed by atoms with Crippen LogP contribution in [-0.4, -0.2) is 44.8 Å². The van der Waals surface area contributed by atoms with E-state index >= 15 is 0 Å². The molecule has 0 saturated heterocycles. The smallest absolute Gasteiger partial charge is 0.0593 e. The Hall–Kier alpha value is -0.120. The third-order valence-electron chi connectivity index (χ3n) is 2.70. The van der Waals surface area contributed by atoms with Crippen LogP contribution in [0.25, 0.3) is 0 Å². The zero-order valence-electron chi connectivity index (χ0n) is 8.83. The topological polar surface area (TPSA) is 38.5 Å². The van der Waals surface area contributed by atoms with Gasteiger partial charge in [-0.25, -0.2) is 0 Å². The summed E-state index contributed by atoms with van der Waals surface area (Å²) in [6.07, 6.45) is 1.41. The van der Waals surface area contributed by atoms with Crippen molar-refractivity contribution < 1.29 is 4.74 Å². The molecule has 0 bridgehead atoms. The first-order valence-corrected chi connectivity index (χ1v) is 5.20. The summed E-state index contributed by atoms with van der Waals surface area (Å²) in [5.41, 5.74) is 5.32. The maximum Gasteiger partial charge on any atom is 0.0593 e. The van der Waals surface area contributed by atoms with Gasteiger partial charge in [-0.05, 0) is 25.3 Å². The molecule has 2 unspecified atom stereocenters. The molecular formula is C10H22N2O. The van der Waals surface area contributed by atoms with Gasteiger partial charge in [-0.15, -0.1) is 0 Å². The first-order chi connectivity index (χ1) is 6.24. The minimum absolute atomic E-state index is 0.628. The van der Waals surface area contributed by atoms with E-state index in [1.807, 2.05) is 0 Å². The van der Waals surface area contributed by atoms with Crippen molar-refractivity contribution in [3.8, 4) is 0 Å². The zero-order valence-corrected chi connectivity index (χ0v) is 8.83. The SMILES string of the molecule is CC1CC1CN(C)CCOCCN. The van der Waals surface area contributed by atoms with Gasteiger partial charge in [0.15, 0.2) is 0 Å². The summed E-state index contributed by atoms with van der Waals surface area (Å²) < 4.78 is 5.32. The predicted octanol–water partition coefficient (Wildman–Crippen LogP) is 0.550. The Kier molecular flexibility index (Phi) is 4.70. The van der Waals surface area contributed by atoms with E-state index in [-0.39, 0.29) is 0 Å². The second-order valence-corrected chi connectivity index (χ2v) is 4.14. The average molecular weight is 186 g/mol. The fourth-order valence-electron chi connectivity index (χ4n) is 1.55. The Bertz CT molecular complexity index is 141. The first-order valence-electron chi connectivity index (χ1n) is 5.20. The number of nitrogens with zero attached hydrogens (tertiary/aromatic N) is 1. The summed E-state index contributed by atoms with van der Waals surface area (Å²) in [6, 6.07) is 0. The summed E-state index contributed by atoms with van der Waals surface area (Å²) in [7, 11) is 2.16. The monoisotopic (exact) mass is 186 g/mol. The number of rotatable bonds is 7. The van der Waals surface area contributed by atoms with E-state index in [0.29, 0.717) is 13.2 Å². The lowest BCUT2D eigenvalue weighted by molar-refractivity contribution is 0.116. The third kappa shape index (κ3) is 4.60. The van der Waals surface area contributed by atoms with Crippen LogP contribution in [0, 0.1) is 11.8 Å². The average Bonchev–Trinajstić information content (AvgIpc) is 2.76. The van der Waals surface area contributed by atoms with Crippen molar-refractivity contribution >= 4 is 0 Å². The molecule has 3 nitrogen and oxygen atoms in total. The predicted molar refractivity (Wildman–Crippen MR) is 54.6 cm³/mol. The van der Waals surface area contributed by atoms with Crippen molar-refractivity contribution in [1.82, 2.24) is 4.90 Å². The normalized spacial score (nSPS) is 26.8. The lowest BCUT2D eigenvalue weighted by Crippen LogP contribution is -2.26. The fraction of sp³-hybridized carbons (Fsp3) is 1.00. The van der Waals surface area contributed by atoms with Gasteiger partial charge in [0, 0.05) is 19.6 Å². The number of hydrogen-bond donors (Lipinski definition) is 1. The molecule has 0 aromatic heterocycles. The van der Waals surface area contributed by atoms with E-state index in [1.165, 1.54) is 13.0 Å². The van der Waals surface area contributed by atoms with Crippen LogP contribution in [0.15, 0.2) is 0 Å². The Morgan fingerprint density at radius 1 is 1.46 bits per heavy atom. The van der Waals surface area contributed by atoms with Crippen molar-refractivity contribution in [2.75, 3.05) is 39.9 Å². The van der Waals surface area contributed by atoms with Gasteiger partial charge in [0.2, 0.25) is 0 Å². The molecule has 0 amide bonds. The summed E-state index contributed by atoms with van der Waals surface area (Å²) in [5.74, 6) is 1.90. The first kappa shape index (κ1) is 11.0. The van der Waals surface area contributed by atoms with Gasteiger partial charge < -0.3 is 15.4 Å². The molecule has 1 rings (SSSR count). The maximum absolute atomic E-state index is 5.32. The van der Waals surface area contributed by atoms with Crippen LogP contribution in [0.5, 0.6) is 0 Å². The molecule has 3 heteroatoms. The molecule has 0 radical (unpaired) electrons. The van der Waals surface area contributed by atoms with Gasteiger partial charge in [0.1, 0.15) is 0 Å². The molecule has 2 atom stereocenters. The highest BCUT2D eigenvalue weighted by atomic mass is 16.5. The highest BCUT2D eigenvalue weighted by Crippen LogP contribution is 2.37. The molecule has 13 heavy (non-hydrogen) atoms. The van der Waals surface area contributed by atoms with Gasteiger partial charge in [-0.2, -0.15) is 0 Å². The van der Waals surface area contributed by atoms with Crippen molar-refractivity contribution in [3.05, 3.63) is 0 Å². The molecule has 78 valence electrons. The van der Waals surface area contributed by atoms with Crippen LogP contribution < -0.4 is 5.73 Å². The van der Waals surface area contributed by atoms with Crippen LogP contribution in [0.1, 0.15) is 13.3 Å². The van der Waals surface area contributed by atoms with E-state index in [1.54, 1.807) is 0 Å². The second-order valence-electron chi connectivity index (χ2n) is 4.14. The molecular weight excluding hydrogens is 164 g/mol. The molecule has 1 aliphatic rings. The van der Waals surface area contributed by atoms with Crippen molar-refractivity contribution in [3.63, 3.8) is 0 Å². The van der Waals surface area contributed by atoms with E-state index in [9.17, 15) is 0 Å². The Balaban J connectivity index is 1.89. The highest BCUT2D eigenvalue weighted by molar-refractivity contribution is 4.84. The summed E-state index contributed by atoms with van der Waals surface area (Å²) in [4.78, 5) is 2.35. The second kappa shape index (κ2) is 5.58. The molecule has 0 aromatic carbocycles. The van der Waals surface area contributed by atoms with E-state index in [2.05, 4.69) is 18.9 Å². The van der Waals surface area contributed by atoms with Crippen LogP contribution in [0.3, 0.4) is 0 Å². The Morgan fingerprint density at radius 2 is 2.15 bits per heavy atom. The summed E-state index contributed by atoms with van der Waals surface area (Å²) >= 11 is 0. The lowest BCUT2D eigenvalue weighted by Gasteiger charge is -2.15. The van der Waals surface area contributed by atoms with Gasteiger partial charge in [-0.3, -0.25) is 0 Å². The van der Waals surface area contributed by atoms with Crippen molar-refractivity contribution in [1.29, 1.82) is 0 Å². The molecule has 2 N–H and O–H groups in total. The molecule has 0 aromatic rings. The number of likely N-dealkylation sites (N-methyl/N-ethyl adjacent to an activating group) is 1. The number of nitrogens with two attached hydrogens (primary N) is 1.